The largest absolute Gasteiger partial charge is 0.376 e. The van der Waals surface area contributed by atoms with Gasteiger partial charge in [0.2, 0.25) is 0 Å². The van der Waals surface area contributed by atoms with Crippen LogP contribution in [0.1, 0.15) is 32.3 Å². The molecule has 0 spiro atoms. The van der Waals surface area contributed by atoms with E-state index in [9.17, 15) is 9.18 Å². The van der Waals surface area contributed by atoms with Crippen LogP contribution in [0.2, 0.25) is 0 Å². The van der Waals surface area contributed by atoms with Gasteiger partial charge in [-0.15, -0.1) is 0 Å². The van der Waals surface area contributed by atoms with Gasteiger partial charge in [0.1, 0.15) is 5.82 Å². The number of carbonyl (C=O) groups is 1. The third-order valence-electron chi connectivity index (χ3n) is 5.79. The monoisotopic (exact) mass is 442 g/mol. The molecule has 2 fully saturated rings. The van der Waals surface area contributed by atoms with Gasteiger partial charge in [0, 0.05) is 50.9 Å². The molecule has 2 aliphatic rings. The molecule has 1 N–H and O–H groups in total. The Balaban J connectivity index is 1.45. The van der Waals surface area contributed by atoms with Gasteiger partial charge in [-0.3, -0.25) is 4.98 Å². The third kappa shape index (κ3) is 5.75. The van der Waals surface area contributed by atoms with E-state index in [1.54, 1.807) is 29.4 Å². The number of halogens is 1. The molecule has 3 heterocycles. The predicted molar refractivity (Wildman–Crippen MR) is 121 cm³/mol. The topological polar surface area (TPSA) is 66.9 Å². The van der Waals surface area contributed by atoms with E-state index >= 15 is 0 Å². The molecule has 0 radical (unpaired) electrons. The maximum absolute atomic E-state index is 14.9. The Kier molecular flexibility index (Phi) is 7.22. The van der Waals surface area contributed by atoms with Gasteiger partial charge in [0.25, 0.3) is 0 Å². The number of morpholine rings is 1. The fourth-order valence-electron chi connectivity index (χ4n) is 4.38. The SMILES string of the molecule is C[C@@H]1CN(c2ccc(NC(=O)N(Cc3cccnc3)C[C@@H]3CCCO3)cc2F)C[C@@H](C)O1. The molecular weight excluding hydrogens is 411 g/mol. The van der Waals surface area contributed by atoms with E-state index in [1.807, 2.05) is 30.9 Å². The number of nitrogens with zero attached hydrogens (tertiary/aromatic N) is 3. The van der Waals surface area contributed by atoms with Gasteiger partial charge in [0.05, 0.1) is 24.0 Å². The molecule has 2 aliphatic heterocycles. The molecule has 4 rings (SSSR count). The van der Waals surface area contributed by atoms with Gasteiger partial charge in [-0.25, -0.2) is 9.18 Å². The zero-order valence-corrected chi connectivity index (χ0v) is 18.7. The Hall–Kier alpha value is -2.71. The molecule has 7 nitrogen and oxygen atoms in total. The molecular formula is C24H31FN4O3. The summed E-state index contributed by atoms with van der Waals surface area (Å²) in [6.07, 6.45) is 5.47. The van der Waals surface area contributed by atoms with Crippen LogP contribution in [0.15, 0.2) is 42.7 Å². The number of amides is 2. The molecule has 0 aliphatic carbocycles. The van der Waals surface area contributed by atoms with Gasteiger partial charge in [0.15, 0.2) is 0 Å². The van der Waals surface area contributed by atoms with Crippen molar-refractivity contribution in [3.8, 4) is 0 Å². The van der Waals surface area contributed by atoms with Crippen molar-refractivity contribution in [1.29, 1.82) is 0 Å². The molecule has 2 saturated heterocycles. The van der Waals surface area contributed by atoms with Gasteiger partial charge in [-0.2, -0.15) is 0 Å². The van der Waals surface area contributed by atoms with E-state index in [0.29, 0.717) is 37.6 Å². The third-order valence-corrected chi connectivity index (χ3v) is 5.79. The molecule has 32 heavy (non-hydrogen) atoms. The van der Waals surface area contributed by atoms with Gasteiger partial charge < -0.3 is 24.6 Å². The van der Waals surface area contributed by atoms with Gasteiger partial charge in [-0.1, -0.05) is 6.07 Å². The molecule has 2 amide bonds. The zero-order chi connectivity index (χ0) is 22.5. The minimum atomic E-state index is -0.359. The molecule has 0 saturated carbocycles. The number of pyridine rings is 1. The van der Waals surface area contributed by atoms with Gasteiger partial charge in [-0.05, 0) is 56.5 Å². The Bertz CT molecular complexity index is 897. The molecule has 2 aromatic rings. The molecule has 1 aromatic heterocycles. The average Bonchev–Trinajstić information content (AvgIpc) is 3.26. The van der Waals surface area contributed by atoms with Crippen LogP contribution >= 0.6 is 0 Å². The summed E-state index contributed by atoms with van der Waals surface area (Å²) >= 11 is 0. The lowest BCUT2D eigenvalue weighted by Gasteiger charge is -2.37. The normalized spacial score (nSPS) is 23.2. The van der Waals surface area contributed by atoms with E-state index in [4.69, 9.17) is 9.47 Å². The second-order valence-electron chi connectivity index (χ2n) is 8.64. The lowest BCUT2D eigenvalue weighted by Crippen LogP contribution is -2.45. The quantitative estimate of drug-likeness (QED) is 0.731. The van der Waals surface area contributed by atoms with Crippen LogP contribution in [0.5, 0.6) is 0 Å². The van der Waals surface area contributed by atoms with E-state index in [2.05, 4.69) is 10.3 Å². The first-order valence-corrected chi connectivity index (χ1v) is 11.2. The second-order valence-corrected chi connectivity index (χ2v) is 8.64. The smallest absolute Gasteiger partial charge is 0.322 e. The summed E-state index contributed by atoms with van der Waals surface area (Å²) in [5, 5.41) is 2.85. The van der Waals surface area contributed by atoms with Crippen LogP contribution in [0.3, 0.4) is 0 Å². The number of aromatic nitrogens is 1. The fraction of sp³-hybridized carbons (Fsp3) is 0.500. The Morgan fingerprint density at radius 3 is 2.75 bits per heavy atom. The van der Waals surface area contributed by atoms with Crippen molar-refractivity contribution in [3.05, 3.63) is 54.1 Å². The van der Waals surface area contributed by atoms with Crippen molar-refractivity contribution in [2.45, 2.75) is 51.5 Å². The standard InChI is InChI=1S/C24H31FN4O3/c1-17-13-28(14-18(2)32-17)23-8-7-20(11-22(23)25)27-24(30)29(16-21-6-4-10-31-21)15-19-5-3-9-26-12-19/h3,5,7-9,11-12,17-18,21H,4,6,10,13-16H2,1-2H3,(H,27,30)/t17-,18-,21+/m1/s1. The second kappa shape index (κ2) is 10.3. The maximum atomic E-state index is 14.9. The number of carbonyl (C=O) groups excluding carboxylic acids is 1. The predicted octanol–water partition coefficient (Wildman–Crippen LogP) is 4.05. The highest BCUT2D eigenvalue weighted by Gasteiger charge is 2.26. The van der Waals surface area contributed by atoms with Crippen molar-refractivity contribution in [2.75, 3.05) is 36.5 Å². The van der Waals surface area contributed by atoms with Crippen LogP contribution in [-0.2, 0) is 16.0 Å². The molecule has 3 atom stereocenters. The van der Waals surface area contributed by atoms with Crippen molar-refractivity contribution in [3.63, 3.8) is 0 Å². The summed E-state index contributed by atoms with van der Waals surface area (Å²) in [5.74, 6) is -0.359. The summed E-state index contributed by atoms with van der Waals surface area (Å²) in [6.45, 7) is 6.84. The molecule has 8 heteroatoms. The number of urea groups is 1. The minimum absolute atomic E-state index is 0.0156. The highest BCUT2D eigenvalue weighted by atomic mass is 19.1. The number of rotatable bonds is 6. The molecule has 1 aromatic carbocycles. The van der Waals surface area contributed by atoms with Crippen LogP contribution in [0.25, 0.3) is 0 Å². The number of hydrogen-bond acceptors (Lipinski definition) is 5. The number of benzene rings is 1. The first-order chi connectivity index (χ1) is 15.5. The van der Waals surface area contributed by atoms with E-state index < -0.39 is 0 Å². The first-order valence-electron chi connectivity index (χ1n) is 11.2. The van der Waals surface area contributed by atoms with Crippen molar-refractivity contribution >= 4 is 17.4 Å². The summed E-state index contributed by atoms with van der Waals surface area (Å²) in [4.78, 5) is 20.9. The highest BCUT2D eigenvalue weighted by Crippen LogP contribution is 2.26. The van der Waals surface area contributed by atoms with Crippen LogP contribution in [-0.4, -0.2) is 60.5 Å². The van der Waals surface area contributed by atoms with Crippen molar-refractivity contribution in [1.82, 2.24) is 9.88 Å². The van der Waals surface area contributed by atoms with E-state index in [1.165, 1.54) is 6.07 Å². The number of hydrogen-bond donors (Lipinski definition) is 1. The number of anilines is 2. The minimum Gasteiger partial charge on any atom is -0.376 e. The van der Waals surface area contributed by atoms with Gasteiger partial charge >= 0.3 is 6.03 Å². The molecule has 0 bridgehead atoms. The summed E-state index contributed by atoms with van der Waals surface area (Å²) < 4.78 is 26.4. The Morgan fingerprint density at radius 1 is 1.28 bits per heavy atom. The van der Waals surface area contributed by atoms with Crippen molar-refractivity contribution < 1.29 is 18.7 Å². The lowest BCUT2D eigenvalue weighted by molar-refractivity contribution is -0.00539. The number of ether oxygens (including phenoxy) is 2. The lowest BCUT2D eigenvalue weighted by atomic mass is 10.2. The highest BCUT2D eigenvalue weighted by molar-refractivity contribution is 5.89. The Morgan fingerprint density at radius 2 is 2.09 bits per heavy atom. The maximum Gasteiger partial charge on any atom is 0.322 e. The molecule has 0 unspecified atom stereocenters. The summed E-state index contributed by atoms with van der Waals surface area (Å²) in [7, 11) is 0. The van der Waals surface area contributed by atoms with Crippen molar-refractivity contribution in [2.24, 2.45) is 0 Å². The zero-order valence-electron chi connectivity index (χ0n) is 18.7. The van der Waals surface area contributed by atoms with Crippen LogP contribution in [0, 0.1) is 5.82 Å². The fourth-order valence-corrected chi connectivity index (χ4v) is 4.38. The van der Waals surface area contributed by atoms with E-state index in [0.717, 1.165) is 25.0 Å². The Labute approximate surface area is 188 Å². The first kappa shape index (κ1) is 22.5. The number of nitrogens with one attached hydrogen (secondary N) is 1. The average molecular weight is 443 g/mol. The summed E-state index contributed by atoms with van der Waals surface area (Å²) in [5.41, 5.74) is 1.88. The van der Waals surface area contributed by atoms with Crippen LogP contribution in [0.4, 0.5) is 20.6 Å². The summed E-state index contributed by atoms with van der Waals surface area (Å²) in [6, 6.07) is 8.34. The van der Waals surface area contributed by atoms with Crippen LogP contribution < -0.4 is 10.2 Å². The molecule has 172 valence electrons. The van der Waals surface area contributed by atoms with E-state index in [-0.39, 0.29) is 30.2 Å².